The lowest BCUT2D eigenvalue weighted by atomic mass is 10.1. The molecule has 12 heavy (non-hydrogen) atoms. The fourth-order valence-corrected chi connectivity index (χ4v) is 0.790. The lowest BCUT2D eigenvalue weighted by Crippen LogP contribution is -2.30. The van der Waals surface area contributed by atoms with Crippen LogP contribution < -0.4 is 0 Å². The smallest absolute Gasteiger partial charge is 0.306 e. The first kappa shape index (κ1) is 11.2. The van der Waals surface area contributed by atoms with Gasteiger partial charge in [-0.3, -0.25) is 9.59 Å². The lowest BCUT2D eigenvalue weighted by molar-refractivity contribution is -0.156. The van der Waals surface area contributed by atoms with Crippen molar-refractivity contribution in [1.29, 1.82) is 0 Å². The molecule has 0 saturated carbocycles. The molecular formula is C8H11ClO3. The minimum Gasteiger partial charge on any atom is -0.447 e. The first-order valence-corrected chi connectivity index (χ1v) is 3.97. The molecule has 0 fully saturated rings. The van der Waals surface area contributed by atoms with Gasteiger partial charge in [0.1, 0.15) is 0 Å². The molecule has 0 N–H and O–H groups in total. The summed E-state index contributed by atoms with van der Waals surface area (Å²) in [5.74, 6) is -0.431. The number of esters is 1. The van der Waals surface area contributed by atoms with Crippen LogP contribution >= 0.6 is 11.6 Å². The van der Waals surface area contributed by atoms with Crippen molar-refractivity contribution in [2.75, 3.05) is 0 Å². The van der Waals surface area contributed by atoms with Gasteiger partial charge in [-0.25, -0.2) is 0 Å². The standard InChI is InChI=1S/C8H11ClO3/c1-3-7(11)12-8(2,6-10)4-5-9/h4-6H,3H2,1-2H3. The Morgan fingerprint density at radius 1 is 1.67 bits per heavy atom. The van der Waals surface area contributed by atoms with E-state index in [0.717, 1.165) is 5.54 Å². The second kappa shape index (κ2) is 4.93. The van der Waals surface area contributed by atoms with Crippen LogP contribution in [0.15, 0.2) is 11.6 Å². The third kappa shape index (κ3) is 3.53. The quantitative estimate of drug-likeness (QED) is 0.500. The molecule has 0 radical (unpaired) electrons. The van der Waals surface area contributed by atoms with Crippen molar-refractivity contribution in [3.63, 3.8) is 0 Å². The second-order valence-corrected chi connectivity index (χ2v) is 2.67. The van der Waals surface area contributed by atoms with E-state index < -0.39 is 11.6 Å². The zero-order chi connectivity index (χ0) is 9.61. The first-order chi connectivity index (χ1) is 5.58. The molecular weight excluding hydrogens is 180 g/mol. The normalized spacial score (nSPS) is 15.6. The highest BCUT2D eigenvalue weighted by Crippen LogP contribution is 2.10. The van der Waals surface area contributed by atoms with Crippen molar-refractivity contribution < 1.29 is 14.3 Å². The highest BCUT2D eigenvalue weighted by atomic mass is 35.5. The third-order valence-electron chi connectivity index (χ3n) is 1.25. The summed E-state index contributed by atoms with van der Waals surface area (Å²) in [7, 11) is 0. The lowest BCUT2D eigenvalue weighted by Gasteiger charge is -2.18. The highest BCUT2D eigenvalue weighted by Gasteiger charge is 2.23. The SMILES string of the molecule is CCC(=O)OC(C)(C=O)C=CCl. The van der Waals surface area contributed by atoms with Gasteiger partial charge in [0.25, 0.3) is 0 Å². The number of carbonyl (C=O) groups is 2. The fraction of sp³-hybridized carbons (Fsp3) is 0.500. The molecule has 0 aliphatic heterocycles. The van der Waals surface area contributed by atoms with Gasteiger partial charge >= 0.3 is 5.97 Å². The Bertz CT molecular complexity index is 200. The van der Waals surface area contributed by atoms with E-state index in [4.69, 9.17) is 16.3 Å². The van der Waals surface area contributed by atoms with Gasteiger partial charge in [0.2, 0.25) is 0 Å². The third-order valence-corrected chi connectivity index (χ3v) is 1.38. The van der Waals surface area contributed by atoms with Crippen LogP contribution in [0.4, 0.5) is 0 Å². The number of halogens is 1. The molecule has 0 aliphatic rings. The molecule has 0 bridgehead atoms. The molecule has 0 rings (SSSR count). The summed E-state index contributed by atoms with van der Waals surface area (Å²) < 4.78 is 4.80. The average molecular weight is 191 g/mol. The van der Waals surface area contributed by atoms with Crippen LogP contribution in [0.1, 0.15) is 20.3 Å². The van der Waals surface area contributed by atoms with Crippen molar-refractivity contribution in [1.82, 2.24) is 0 Å². The molecule has 0 amide bonds. The number of hydrogen-bond donors (Lipinski definition) is 0. The van der Waals surface area contributed by atoms with Gasteiger partial charge in [0.05, 0.1) is 0 Å². The molecule has 0 aromatic rings. The van der Waals surface area contributed by atoms with Gasteiger partial charge in [-0.05, 0) is 13.0 Å². The average Bonchev–Trinajstić information content (AvgIpc) is 2.05. The van der Waals surface area contributed by atoms with E-state index in [1.54, 1.807) is 6.92 Å². The number of aldehydes is 1. The van der Waals surface area contributed by atoms with Crippen LogP contribution in [0.5, 0.6) is 0 Å². The molecule has 68 valence electrons. The molecule has 0 heterocycles. The fourth-order valence-electron chi connectivity index (χ4n) is 0.540. The van der Waals surface area contributed by atoms with E-state index in [1.807, 2.05) is 0 Å². The molecule has 1 unspecified atom stereocenters. The largest absolute Gasteiger partial charge is 0.447 e. The zero-order valence-corrected chi connectivity index (χ0v) is 7.80. The number of ether oxygens (including phenoxy) is 1. The number of carbonyl (C=O) groups excluding carboxylic acids is 2. The van der Waals surface area contributed by atoms with Crippen LogP contribution in [0.25, 0.3) is 0 Å². The summed E-state index contributed by atoms with van der Waals surface area (Å²) in [5, 5.41) is 0. The molecule has 3 nitrogen and oxygen atoms in total. The summed E-state index contributed by atoms with van der Waals surface area (Å²) in [5.41, 5.74) is -0.0772. The Labute approximate surface area is 76.3 Å². The molecule has 0 aromatic carbocycles. The highest BCUT2D eigenvalue weighted by molar-refractivity contribution is 6.25. The van der Waals surface area contributed by atoms with Gasteiger partial charge in [0, 0.05) is 12.0 Å². The summed E-state index contributed by atoms with van der Waals surface area (Å²) in [6, 6.07) is 0. The van der Waals surface area contributed by atoms with E-state index in [-0.39, 0.29) is 6.42 Å². The Balaban J connectivity index is 4.33. The number of rotatable bonds is 4. The van der Waals surface area contributed by atoms with E-state index in [2.05, 4.69) is 0 Å². The first-order valence-electron chi connectivity index (χ1n) is 3.54. The number of hydrogen-bond acceptors (Lipinski definition) is 3. The second-order valence-electron chi connectivity index (χ2n) is 2.42. The maximum atomic E-state index is 10.8. The minimum absolute atomic E-state index is 0.236. The monoisotopic (exact) mass is 190 g/mol. The van der Waals surface area contributed by atoms with Crippen LogP contribution in [-0.2, 0) is 14.3 Å². The van der Waals surface area contributed by atoms with Crippen molar-refractivity contribution in [3.8, 4) is 0 Å². The maximum absolute atomic E-state index is 10.8. The molecule has 1 atom stereocenters. The topological polar surface area (TPSA) is 43.4 Å². The summed E-state index contributed by atoms with van der Waals surface area (Å²) in [4.78, 5) is 21.3. The Morgan fingerprint density at radius 2 is 2.25 bits per heavy atom. The van der Waals surface area contributed by atoms with E-state index in [0.29, 0.717) is 6.29 Å². The predicted octanol–water partition coefficient (Wildman–Crippen LogP) is 1.65. The van der Waals surface area contributed by atoms with Gasteiger partial charge in [-0.15, -0.1) is 0 Å². The molecule has 0 aliphatic carbocycles. The Kier molecular flexibility index (Phi) is 4.59. The van der Waals surface area contributed by atoms with Gasteiger partial charge in [-0.2, -0.15) is 0 Å². The summed E-state index contributed by atoms with van der Waals surface area (Å²) >= 11 is 5.26. The Hall–Kier alpha value is -0.830. The van der Waals surface area contributed by atoms with Crippen molar-refractivity contribution >= 4 is 23.9 Å². The van der Waals surface area contributed by atoms with Crippen molar-refractivity contribution in [2.45, 2.75) is 25.9 Å². The van der Waals surface area contributed by atoms with Crippen LogP contribution in [0.3, 0.4) is 0 Å². The predicted molar refractivity (Wildman–Crippen MR) is 45.8 cm³/mol. The molecule has 0 spiro atoms. The zero-order valence-electron chi connectivity index (χ0n) is 7.04. The van der Waals surface area contributed by atoms with E-state index in [1.165, 1.54) is 13.0 Å². The van der Waals surface area contributed by atoms with Crippen molar-refractivity contribution in [3.05, 3.63) is 11.6 Å². The van der Waals surface area contributed by atoms with Crippen molar-refractivity contribution in [2.24, 2.45) is 0 Å². The van der Waals surface area contributed by atoms with Crippen LogP contribution in [0.2, 0.25) is 0 Å². The minimum atomic E-state index is -1.23. The Morgan fingerprint density at radius 3 is 2.58 bits per heavy atom. The van der Waals surface area contributed by atoms with Crippen LogP contribution in [-0.4, -0.2) is 17.9 Å². The van der Waals surface area contributed by atoms with E-state index in [9.17, 15) is 9.59 Å². The van der Waals surface area contributed by atoms with Crippen LogP contribution in [0, 0.1) is 0 Å². The maximum Gasteiger partial charge on any atom is 0.306 e. The molecule has 0 saturated heterocycles. The van der Waals surface area contributed by atoms with Gasteiger partial charge in [0.15, 0.2) is 11.9 Å². The van der Waals surface area contributed by atoms with Gasteiger partial charge < -0.3 is 4.74 Å². The summed E-state index contributed by atoms with van der Waals surface area (Å²) in [6.07, 6.45) is 2.08. The summed E-state index contributed by atoms with van der Waals surface area (Å²) in [6.45, 7) is 3.12. The van der Waals surface area contributed by atoms with Gasteiger partial charge in [-0.1, -0.05) is 18.5 Å². The molecule has 4 heteroatoms. The van der Waals surface area contributed by atoms with E-state index >= 15 is 0 Å². The molecule has 0 aromatic heterocycles.